The van der Waals surface area contributed by atoms with Crippen LogP contribution in [0.1, 0.15) is 76.7 Å². The SMILES string of the molecule is Cc1cc(O)cc(O)c1C(=O)c1c(O)cc(O)cc1Cc1cc(O)c(Cc2c(O)cc(Cc3cc(O)cc(O)c3C(=O)c3c(C)cc(O)cc3O)oc2=O)c(=O)o1. The van der Waals surface area contributed by atoms with Gasteiger partial charge in [-0.2, -0.15) is 0 Å². The largest absolute Gasteiger partial charge is 0.508 e. The van der Waals surface area contributed by atoms with Crippen molar-refractivity contribution in [3.8, 4) is 57.5 Å². The molecule has 292 valence electrons. The Hall–Kier alpha value is -7.88. The van der Waals surface area contributed by atoms with Gasteiger partial charge in [0.2, 0.25) is 11.6 Å². The number of rotatable bonds is 10. The first-order valence-electron chi connectivity index (χ1n) is 16.8. The second kappa shape index (κ2) is 14.7. The number of ketones is 2. The number of phenolic OH excluding ortho intramolecular Hbond substituents is 8. The van der Waals surface area contributed by atoms with E-state index in [1.54, 1.807) is 0 Å². The van der Waals surface area contributed by atoms with E-state index in [2.05, 4.69) is 0 Å². The Kier molecular flexibility index (Phi) is 10.0. The Bertz CT molecular complexity index is 2540. The molecule has 0 unspecified atom stereocenters. The van der Waals surface area contributed by atoms with E-state index < -0.39 is 110 Å². The molecule has 57 heavy (non-hydrogen) atoms. The maximum atomic E-state index is 13.6. The number of phenols is 8. The summed E-state index contributed by atoms with van der Waals surface area (Å²) >= 11 is 0. The molecule has 16 nitrogen and oxygen atoms in total. The molecule has 0 saturated heterocycles. The maximum absolute atomic E-state index is 13.6. The lowest BCUT2D eigenvalue weighted by Crippen LogP contribution is -2.16. The highest BCUT2D eigenvalue weighted by atomic mass is 16.4. The average Bonchev–Trinajstić information content (AvgIpc) is 3.06. The van der Waals surface area contributed by atoms with Gasteiger partial charge in [-0.1, -0.05) is 0 Å². The van der Waals surface area contributed by atoms with Gasteiger partial charge in [0.25, 0.3) is 0 Å². The summed E-state index contributed by atoms with van der Waals surface area (Å²) in [5, 5.41) is 104. The lowest BCUT2D eigenvalue weighted by atomic mass is 9.91. The van der Waals surface area contributed by atoms with E-state index in [1.165, 1.54) is 26.0 Å². The zero-order chi connectivity index (χ0) is 41.6. The third-order valence-corrected chi connectivity index (χ3v) is 9.11. The lowest BCUT2D eigenvalue weighted by molar-refractivity contribution is 0.102. The molecular formula is C41H32O16. The standard InChI is InChI=1S/C41H32O16/c1-16-3-20(42)9-30(48)34(16)38(52)36-18(5-22(44)11-32(36)50)7-24-13-28(46)26(40(54)56-24)15-27-29(47)14-25(57-41(27)55)8-19-6-23(45)12-33(51)37(19)39(53)35-17(2)4-21(43)10-31(35)49/h3-6,9-14,42-51H,7-8,15H2,1-2H3. The van der Waals surface area contributed by atoms with E-state index >= 15 is 0 Å². The minimum absolute atomic E-state index is 0.0894. The smallest absolute Gasteiger partial charge is 0.343 e. The third kappa shape index (κ3) is 7.59. The van der Waals surface area contributed by atoms with Gasteiger partial charge in [-0.15, -0.1) is 0 Å². The molecule has 0 aliphatic carbocycles. The summed E-state index contributed by atoms with van der Waals surface area (Å²) in [5.74, 6) is -7.92. The Morgan fingerprint density at radius 1 is 0.421 bits per heavy atom. The summed E-state index contributed by atoms with van der Waals surface area (Å²) in [4.78, 5) is 53.4. The first kappa shape index (κ1) is 38.8. The molecule has 4 aromatic carbocycles. The molecule has 0 aliphatic rings. The van der Waals surface area contributed by atoms with Crippen molar-refractivity contribution in [3.63, 3.8) is 0 Å². The fourth-order valence-corrected chi connectivity index (χ4v) is 6.64. The number of aromatic hydroxyl groups is 10. The highest BCUT2D eigenvalue weighted by molar-refractivity contribution is 6.15. The zero-order valence-corrected chi connectivity index (χ0v) is 29.8. The number of hydrogen-bond acceptors (Lipinski definition) is 16. The van der Waals surface area contributed by atoms with Crippen molar-refractivity contribution < 1.29 is 69.5 Å². The van der Waals surface area contributed by atoms with Gasteiger partial charge in [-0.05, 0) is 60.4 Å². The van der Waals surface area contributed by atoms with Crippen molar-refractivity contribution in [1.29, 1.82) is 0 Å². The van der Waals surface area contributed by atoms with Crippen LogP contribution >= 0.6 is 0 Å². The van der Waals surface area contributed by atoms with Crippen molar-refractivity contribution >= 4 is 11.6 Å². The van der Waals surface area contributed by atoms with E-state index in [0.29, 0.717) is 0 Å². The topological polar surface area (TPSA) is 297 Å². The molecule has 0 saturated carbocycles. The van der Waals surface area contributed by atoms with E-state index in [1.807, 2.05) is 0 Å². The quantitative estimate of drug-likeness (QED) is 0.0856. The molecule has 6 rings (SSSR count). The molecule has 0 atom stereocenters. The van der Waals surface area contributed by atoms with E-state index in [9.17, 15) is 70.2 Å². The van der Waals surface area contributed by atoms with Crippen molar-refractivity contribution in [2.45, 2.75) is 33.1 Å². The Morgan fingerprint density at radius 3 is 1.05 bits per heavy atom. The van der Waals surface area contributed by atoms with Crippen LogP contribution in [0.5, 0.6) is 57.5 Å². The van der Waals surface area contributed by atoms with E-state index in [4.69, 9.17) is 8.83 Å². The number of carbonyl (C=O) groups excluding carboxylic acids is 2. The van der Waals surface area contributed by atoms with Crippen LogP contribution in [-0.2, 0) is 19.3 Å². The van der Waals surface area contributed by atoms with Crippen LogP contribution < -0.4 is 11.3 Å². The van der Waals surface area contributed by atoms with E-state index in [0.717, 1.165) is 48.5 Å². The van der Waals surface area contributed by atoms with Gasteiger partial charge in [-0.3, -0.25) is 9.59 Å². The lowest BCUT2D eigenvalue weighted by Gasteiger charge is -2.15. The minimum Gasteiger partial charge on any atom is -0.508 e. The first-order valence-corrected chi connectivity index (χ1v) is 16.8. The molecular weight excluding hydrogens is 748 g/mol. The van der Waals surface area contributed by atoms with Gasteiger partial charge in [0.1, 0.15) is 69.0 Å². The molecule has 0 bridgehead atoms. The molecule has 0 spiro atoms. The number of aryl methyl sites for hydroxylation is 2. The molecule has 0 fully saturated rings. The maximum Gasteiger partial charge on any atom is 0.343 e. The van der Waals surface area contributed by atoms with Gasteiger partial charge in [0.15, 0.2) is 0 Å². The van der Waals surface area contributed by atoms with Gasteiger partial charge < -0.3 is 59.9 Å². The van der Waals surface area contributed by atoms with E-state index in [-0.39, 0.29) is 56.4 Å². The van der Waals surface area contributed by atoms with Crippen molar-refractivity contribution in [2.24, 2.45) is 0 Å². The molecule has 2 aromatic heterocycles. The molecule has 0 radical (unpaired) electrons. The zero-order valence-electron chi connectivity index (χ0n) is 29.8. The first-order chi connectivity index (χ1) is 26.8. The Morgan fingerprint density at radius 2 is 0.737 bits per heavy atom. The molecule has 10 N–H and O–H groups in total. The van der Waals surface area contributed by atoms with Crippen molar-refractivity contribution in [1.82, 2.24) is 0 Å². The van der Waals surface area contributed by atoms with Crippen LogP contribution in [-0.4, -0.2) is 62.6 Å². The fraction of sp³-hybridized carbons (Fsp3) is 0.122. The van der Waals surface area contributed by atoms with Gasteiger partial charge in [-0.25, -0.2) is 9.59 Å². The molecule has 0 aliphatic heterocycles. The van der Waals surface area contributed by atoms with Crippen LogP contribution in [0, 0.1) is 13.8 Å². The Balaban J connectivity index is 1.29. The van der Waals surface area contributed by atoms with Crippen LogP contribution in [0.2, 0.25) is 0 Å². The normalized spacial score (nSPS) is 11.1. The average molecular weight is 781 g/mol. The van der Waals surface area contributed by atoms with Gasteiger partial charge >= 0.3 is 11.3 Å². The van der Waals surface area contributed by atoms with Crippen molar-refractivity contribution in [3.05, 3.63) is 149 Å². The Labute approximate surface area is 319 Å². The molecule has 0 amide bonds. The summed E-state index contributed by atoms with van der Waals surface area (Å²) in [7, 11) is 0. The monoisotopic (exact) mass is 780 g/mol. The third-order valence-electron chi connectivity index (χ3n) is 9.11. The predicted molar refractivity (Wildman–Crippen MR) is 197 cm³/mol. The molecule has 16 heteroatoms. The van der Waals surface area contributed by atoms with Crippen LogP contribution in [0.4, 0.5) is 0 Å². The summed E-state index contributed by atoms with van der Waals surface area (Å²) in [6, 6.07) is 10.1. The summed E-state index contributed by atoms with van der Waals surface area (Å²) < 4.78 is 10.7. The number of hydrogen-bond donors (Lipinski definition) is 10. The second-order valence-corrected chi connectivity index (χ2v) is 13.2. The van der Waals surface area contributed by atoms with Crippen LogP contribution in [0.25, 0.3) is 0 Å². The second-order valence-electron chi connectivity index (χ2n) is 13.2. The molecule has 6 aromatic rings. The highest BCUT2D eigenvalue weighted by Crippen LogP contribution is 2.38. The minimum atomic E-state index is -1.18. The van der Waals surface area contributed by atoms with Crippen molar-refractivity contribution in [2.75, 3.05) is 0 Å². The number of benzene rings is 4. The summed E-state index contributed by atoms with van der Waals surface area (Å²) in [6.45, 7) is 2.86. The summed E-state index contributed by atoms with van der Waals surface area (Å²) in [6.07, 6.45) is -1.64. The number of carbonyl (C=O) groups is 2. The van der Waals surface area contributed by atoms with Gasteiger partial charge in [0.05, 0.1) is 33.4 Å². The fourth-order valence-electron chi connectivity index (χ4n) is 6.64. The van der Waals surface area contributed by atoms with Gasteiger partial charge in [0, 0.05) is 55.7 Å². The molecule has 2 heterocycles. The van der Waals surface area contributed by atoms with Crippen LogP contribution in [0.15, 0.2) is 79.1 Å². The summed E-state index contributed by atoms with van der Waals surface area (Å²) in [5.41, 5.74) is -4.53. The predicted octanol–water partition coefficient (Wildman–Crippen LogP) is 4.50. The van der Waals surface area contributed by atoms with Crippen LogP contribution in [0.3, 0.4) is 0 Å². The highest BCUT2D eigenvalue weighted by Gasteiger charge is 2.28.